The first-order valence-corrected chi connectivity index (χ1v) is 8.10. The van der Waals surface area contributed by atoms with Crippen molar-refractivity contribution in [3.63, 3.8) is 0 Å². The highest BCUT2D eigenvalue weighted by Gasteiger charge is 2.37. The molecule has 1 aliphatic carbocycles. The van der Waals surface area contributed by atoms with Crippen LogP contribution in [0, 0.1) is 11.8 Å². The third-order valence-electron chi connectivity index (χ3n) is 3.62. The van der Waals surface area contributed by atoms with E-state index in [9.17, 15) is 9.59 Å². The van der Waals surface area contributed by atoms with Crippen LogP contribution in [0.3, 0.4) is 0 Å². The number of carbonyl (C=O) groups excluding carboxylic acids is 2. The van der Waals surface area contributed by atoms with Crippen LogP contribution in [0.15, 0.2) is 11.8 Å². The molecule has 0 unspecified atom stereocenters. The fraction of sp³-hybridized carbons (Fsp3) is 0.714. The first-order chi connectivity index (χ1) is 9.81. The van der Waals surface area contributed by atoms with E-state index in [2.05, 4.69) is 12.2 Å². The molecule has 0 saturated carbocycles. The van der Waals surface area contributed by atoms with E-state index in [1.165, 1.54) is 7.11 Å². The predicted octanol–water partition coefficient (Wildman–Crippen LogP) is 3.75. The molecule has 0 spiro atoms. The van der Waals surface area contributed by atoms with E-state index in [-0.39, 0.29) is 17.8 Å². The number of methoxy groups -OCH3 is 1. The molecule has 1 rings (SSSR count). The second kappa shape index (κ2) is 8.25. The molecule has 4 nitrogen and oxygen atoms in total. The van der Waals surface area contributed by atoms with Gasteiger partial charge in [0.25, 0.3) is 9.70 Å². The number of alkyl halides is 3. The first kappa shape index (κ1) is 18.6. The zero-order chi connectivity index (χ0) is 16.0. The van der Waals surface area contributed by atoms with Gasteiger partial charge in [0.1, 0.15) is 0 Å². The molecule has 2 atom stereocenters. The van der Waals surface area contributed by atoms with Crippen molar-refractivity contribution in [1.82, 2.24) is 5.32 Å². The van der Waals surface area contributed by atoms with Gasteiger partial charge in [-0.05, 0) is 19.3 Å². The number of hydrogen-bond donors (Lipinski definition) is 1. The topological polar surface area (TPSA) is 55.4 Å². The molecule has 1 N–H and O–H groups in total. The molecule has 1 amide bonds. The zero-order valence-electron chi connectivity index (χ0n) is 12.1. The number of rotatable bonds is 5. The lowest BCUT2D eigenvalue weighted by Crippen LogP contribution is -2.40. The van der Waals surface area contributed by atoms with Crippen molar-refractivity contribution in [2.24, 2.45) is 11.8 Å². The van der Waals surface area contributed by atoms with Crippen LogP contribution in [0.2, 0.25) is 0 Å². The van der Waals surface area contributed by atoms with Gasteiger partial charge in [-0.15, -0.1) is 0 Å². The Kier molecular flexibility index (Phi) is 7.31. The molecular weight excluding hydrogens is 337 g/mol. The first-order valence-electron chi connectivity index (χ1n) is 6.97. The van der Waals surface area contributed by atoms with Crippen LogP contribution in [0.5, 0.6) is 0 Å². The summed E-state index contributed by atoms with van der Waals surface area (Å²) >= 11 is 16.7. The summed E-state index contributed by atoms with van der Waals surface area (Å²) in [5, 5.41) is 2.65. The van der Waals surface area contributed by atoms with Crippen molar-refractivity contribution < 1.29 is 14.3 Å². The summed E-state index contributed by atoms with van der Waals surface area (Å²) < 4.78 is 2.84. The fourth-order valence-corrected chi connectivity index (χ4v) is 2.69. The Morgan fingerprint density at radius 3 is 2.62 bits per heavy atom. The molecular formula is C14H20Cl3NO3. The van der Waals surface area contributed by atoms with Gasteiger partial charge in [-0.1, -0.05) is 60.6 Å². The van der Waals surface area contributed by atoms with Crippen LogP contribution in [0.25, 0.3) is 0 Å². The number of halogens is 3. The number of hydrogen-bond acceptors (Lipinski definition) is 3. The Morgan fingerprint density at radius 2 is 2.10 bits per heavy atom. The predicted molar refractivity (Wildman–Crippen MR) is 84.3 cm³/mol. The maximum atomic E-state index is 11.9. The van der Waals surface area contributed by atoms with E-state index >= 15 is 0 Å². The van der Waals surface area contributed by atoms with E-state index in [0.29, 0.717) is 18.5 Å². The minimum absolute atomic E-state index is 0.109. The third kappa shape index (κ3) is 5.35. The lowest BCUT2D eigenvalue weighted by Gasteiger charge is -2.31. The second-order valence-electron chi connectivity index (χ2n) is 5.07. The minimum atomic E-state index is -2.02. The molecule has 0 bridgehead atoms. The monoisotopic (exact) mass is 355 g/mol. The van der Waals surface area contributed by atoms with Gasteiger partial charge in [0.2, 0.25) is 0 Å². The molecule has 0 fully saturated rings. The molecule has 21 heavy (non-hydrogen) atoms. The standard InChI is InChI=1S/C14H20Cl3NO3/c1-3-4-6-9-10(12(19)21-2)7-5-8-11(9)18-13(20)14(15,16)17/h8-10H,3-7H2,1-2H3,(H,18,20)/t9-,10-/m1/s1. The number of ether oxygens (including phenoxy) is 1. The molecule has 0 radical (unpaired) electrons. The van der Waals surface area contributed by atoms with Crippen LogP contribution in [0.4, 0.5) is 0 Å². The van der Waals surface area contributed by atoms with Crippen molar-refractivity contribution in [3.8, 4) is 0 Å². The van der Waals surface area contributed by atoms with E-state index in [0.717, 1.165) is 19.3 Å². The van der Waals surface area contributed by atoms with Crippen molar-refractivity contribution in [1.29, 1.82) is 0 Å². The van der Waals surface area contributed by atoms with Gasteiger partial charge in [-0.3, -0.25) is 9.59 Å². The summed E-state index contributed by atoms with van der Waals surface area (Å²) in [6, 6.07) is 0. The minimum Gasteiger partial charge on any atom is -0.469 e. The molecule has 0 heterocycles. The summed E-state index contributed by atoms with van der Waals surface area (Å²) in [4.78, 5) is 23.8. The van der Waals surface area contributed by atoms with E-state index in [1.807, 2.05) is 6.08 Å². The van der Waals surface area contributed by atoms with Crippen LogP contribution in [-0.2, 0) is 14.3 Å². The number of allylic oxidation sites excluding steroid dienone is 2. The Balaban J connectivity index is 2.90. The van der Waals surface area contributed by atoms with Gasteiger partial charge in [0.05, 0.1) is 13.0 Å². The van der Waals surface area contributed by atoms with Crippen LogP contribution < -0.4 is 5.32 Å². The lowest BCUT2D eigenvalue weighted by molar-refractivity contribution is -0.147. The number of nitrogens with one attached hydrogen (secondary N) is 1. The highest BCUT2D eigenvalue weighted by molar-refractivity contribution is 6.76. The summed E-state index contributed by atoms with van der Waals surface area (Å²) in [5.74, 6) is -1.34. The Hall–Kier alpha value is -0.450. The van der Waals surface area contributed by atoms with E-state index in [4.69, 9.17) is 39.5 Å². The van der Waals surface area contributed by atoms with Crippen molar-refractivity contribution in [2.45, 2.75) is 42.8 Å². The van der Waals surface area contributed by atoms with Crippen molar-refractivity contribution in [2.75, 3.05) is 7.11 Å². The average molecular weight is 357 g/mol. The van der Waals surface area contributed by atoms with Crippen LogP contribution in [0.1, 0.15) is 39.0 Å². The van der Waals surface area contributed by atoms with Gasteiger partial charge in [-0.2, -0.15) is 0 Å². The van der Waals surface area contributed by atoms with Gasteiger partial charge >= 0.3 is 5.97 Å². The Morgan fingerprint density at radius 1 is 1.43 bits per heavy atom. The largest absolute Gasteiger partial charge is 0.469 e. The Labute approximate surface area is 140 Å². The van der Waals surface area contributed by atoms with Gasteiger partial charge in [-0.25, -0.2) is 0 Å². The SMILES string of the molecule is CCCC[C@H]1C(NC(=O)C(Cl)(Cl)Cl)=CCC[C@H]1C(=O)OC. The summed E-state index contributed by atoms with van der Waals surface area (Å²) in [7, 11) is 1.37. The molecule has 0 aromatic carbocycles. The lowest BCUT2D eigenvalue weighted by atomic mass is 9.78. The highest BCUT2D eigenvalue weighted by Crippen LogP contribution is 2.35. The van der Waals surface area contributed by atoms with Crippen molar-refractivity contribution >= 4 is 46.7 Å². The fourth-order valence-electron chi connectivity index (χ4n) is 2.55. The molecule has 0 aliphatic heterocycles. The number of unbranched alkanes of at least 4 members (excludes halogenated alkanes) is 1. The molecule has 0 saturated heterocycles. The number of esters is 1. The Bertz CT molecular complexity index is 418. The van der Waals surface area contributed by atoms with Gasteiger partial charge in [0, 0.05) is 11.6 Å². The van der Waals surface area contributed by atoms with E-state index < -0.39 is 9.70 Å². The quantitative estimate of drug-likeness (QED) is 0.603. The average Bonchev–Trinajstić information content (AvgIpc) is 2.43. The van der Waals surface area contributed by atoms with E-state index in [1.54, 1.807) is 0 Å². The summed E-state index contributed by atoms with van der Waals surface area (Å²) in [5.41, 5.74) is 0.654. The molecule has 7 heteroatoms. The van der Waals surface area contributed by atoms with Crippen molar-refractivity contribution in [3.05, 3.63) is 11.8 Å². The smallest absolute Gasteiger partial charge is 0.309 e. The van der Waals surface area contributed by atoms with Gasteiger partial charge in [0.15, 0.2) is 0 Å². The zero-order valence-corrected chi connectivity index (χ0v) is 14.4. The summed E-state index contributed by atoms with van der Waals surface area (Å²) in [6.07, 6.45) is 6.00. The maximum absolute atomic E-state index is 11.9. The highest BCUT2D eigenvalue weighted by atomic mass is 35.6. The molecule has 0 aromatic rings. The number of amides is 1. The molecule has 1 aliphatic rings. The second-order valence-corrected chi connectivity index (χ2v) is 7.35. The normalized spacial score (nSPS) is 22.4. The van der Waals surface area contributed by atoms with Gasteiger partial charge < -0.3 is 10.1 Å². The number of carbonyl (C=O) groups is 2. The van der Waals surface area contributed by atoms with Crippen LogP contribution in [-0.4, -0.2) is 22.8 Å². The third-order valence-corrected chi connectivity index (χ3v) is 4.13. The molecule has 0 aromatic heterocycles. The maximum Gasteiger partial charge on any atom is 0.309 e. The van der Waals surface area contributed by atoms with Crippen LogP contribution >= 0.6 is 34.8 Å². The summed E-state index contributed by atoms with van der Waals surface area (Å²) in [6.45, 7) is 2.07. The molecule has 120 valence electrons.